The van der Waals surface area contributed by atoms with E-state index in [0.717, 1.165) is 61.1 Å². The van der Waals surface area contributed by atoms with Gasteiger partial charge in [0.15, 0.2) is 5.76 Å². The zero-order chi connectivity index (χ0) is 23.2. The van der Waals surface area contributed by atoms with Gasteiger partial charge in [-0.3, -0.25) is 14.4 Å². The molecule has 0 spiro atoms. The number of nitrogens with zero attached hydrogens (tertiary/aromatic N) is 4. The Morgan fingerprint density at radius 2 is 2.00 bits per heavy atom. The van der Waals surface area contributed by atoms with Crippen LogP contribution >= 0.6 is 0 Å². The Morgan fingerprint density at radius 3 is 2.73 bits per heavy atom. The van der Waals surface area contributed by atoms with Crippen LogP contribution < -0.4 is 10.2 Å². The normalized spacial score (nSPS) is 14.6. The first-order valence-corrected chi connectivity index (χ1v) is 10.9. The lowest BCUT2D eigenvalue weighted by atomic mass is 10.1. The number of morpholine rings is 1. The van der Waals surface area contributed by atoms with Gasteiger partial charge in [-0.25, -0.2) is 5.43 Å². The van der Waals surface area contributed by atoms with Gasteiger partial charge in [0, 0.05) is 30.9 Å². The topological polar surface area (TPSA) is 94.1 Å². The third-order valence-electron chi connectivity index (χ3n) is 5.48. The molecule has 1 aliphatic heterocycles. The molecule has 33 heavy (non-hydrogen) atoms. The zero-order valence-corrected chi connectivity index (χ0v) is 19.2. The zero-order valence-electron chi connectivity index (χ0n) is 19.2. The number of rotatable bonds is 8. The van der Waals surface area contributed by atoms with Gasteiger partial charge in [0.25, 0.3) is 0 Å². The SMILES string of the molecule is COc1ccc(C=NNC(=O)c2ccc(Cn3nc(C)cc3C)o2)cc1CN1CCOCC1. The predicted molar refractivity (Wildman–Crippen MR) is 124 cm³/mol. The van der Waals surface area contributed by atoms with Crippen LogP contribution in [0.2, 0.25) is 0 Å². The first kappa shape index (κ1) is 22.8. The summed E-state index contributed by atoms with van der Waals surface area (Å²) in [6.45, 7) is 8.42. The van der Waals surface area contributed by atoms with Crippen molar-refractivity contribution in [3.05, 3.63) is 70.4 Å². The van der Waals surface area contributed by atoms with Crippen molar-refractivity contribution in [3.63, 3.8) is 0 Å². The molecule has 1 fully saturated rings. The molecule has 174 valence electrons. The van der Waals surface area contributed by atoms with Gasteiger partial charge in [-0.1, -0.05) is 0 Å². The number of carbonyl (C=O) groups is 1. The number of hydrazone groups is 1. The smallest absolute Gasteiger partial charge is 0.307 e. The van der Waals surface area contributed by atoms with Gasteiger partial charge in [0.2, 0.25) is 0 Å². The van der Waals surface area contributed by atoms with Crippen molar-refractivity contribution in [2.24, 2.45) is 5.10 Å². The van der Waals surface area contributed by atoms with Crippen molar-refractivity contribution in [3.8, 4) is 5.75 Å². The molecule has 0 saturated carbocycles. The summed E-state index contributed by atoms with van der Waals surface area (Å²) >= 11 is 0. The van der Waals surface area contributed by atoms with E-state index < -0.39 is 5.91 Å². The molecule has 1 aromatic carbocycles. The lowest BCUT2D eigenvalue weighted by molar-refractivity contribution is 0.0339. The first-order valence-electron chi connectivity index (χ1n) is 10.9. The third kappa shape index (κ3) is 5.88. The Hall–Kier alpha value is -3.43. The maximum Gasteiger partial charge on any atom is 0.307 e. The number of carbonyl (C=O) groups excluding carboxylic acids is 1. The maximum absolute atomic E-state index is 12.4. The van der Waals surface area contributed by atoms with E-state index in [1.54, 1.807) is 25.5 Å². The molecule has 0 bridgehead atoms. The number of benzene rings is 1. The van der Waals surface area contributed by atoms with E-state index in [0.29, 0.717) is 12.3 Å². The number of aryl methyl sites for hydroxylation is 2. The van der Waals surface area contributed by atoms with Gasteiger partial charge in [0.05, 0.1) is 38.8 Å². The summed E-state index contributed by atoms with van der Waals surface area (Å²) in [5, 5.41) is 8.51. The van der Waals surface area contributed by atoms with Crippen LogP contribution in [0.1, 0.15) is 38.8 Å². The number of amides is 1. The van der Waals surface area contributed by atoms with E-state index in [4.69, 9.17) is 13.9 Å². The molecule has 2 aromatic heterocycles. The van der Waals surface area contributed by atoms with E-state index in [2.05, 4.69) is 20.5 Å². The van der Waals surface area contributed by atoms with E-state index >= 15 is 0 Å². The van der Waals surface area contributed by atoms with Crippen LogP contribution in [-0.2, 0) is 17.8 Å². The lowest BCUT2D eigenvalue weighted by Crippen LogP contribution is -2.35. The fraction of sp³-hybridized carbons (Fsp3) is 0.375. The molecule has 4 rings (SSSR count). The van der Waals surface area contributed by atoms with Crippen LogP contribution in [0.5, 0.6) is 5.75 Å². The second-order valence-corrected chi connectivity index (χ2v) is 8.01. The minimum atomic E-state index is -0.409. The van der Waals surface area contributed by atoms with Crippen molar-refractivity contribution in [2.45, 2.75) is 26.9 Å². The van der Waals surface area contributed by atoms with Crippen molar-refractivity contribution < 1.29 is 18.7 Å². The number of hydrogen-bond donors (Lipinski definition) is 1. The van der Waals surface area contributed by atoms with Crippen LogP contribution in [0.3, 0.4) is 0 Å². The summed E-state index contributed by atoms with van der Waals surface area (Å²) in [4.78, 5) is 14.7. The van der Waals surface area contributed by atoms with E-state index in [9.17, 15) is 4.79 Å². The van der Waals surface area contributed by atoms with E-state index in [-0.39, 0.29) is 5.76 Å². The number of furan rings is 1. The summed E-state index contributed by atoms with van der Waals surface area (Å²) in [7, 11) is 1.67. The summed E-state index contributed by atoms with van der Waals surface area (Å²) in [6.07, 6.45) is 1.61. The van der Waals surface area contributed by atoms with Crippen LogP contribution in [-0.4, -0.2) is 60.2 Å². The van der Waals surface area contributed by atoms with Gasteiger partial charge >= 0.3 is 5.91 Å². The maximum atomic E-state index is 12.4. The Balaban J connectivity index is 1.36. The molecule has 1 amide bonds. The number of ether oxygens (including phenoxy) is 2. The number of aromatic nitrogens is 2. The summed E-state index contributed by atoms with van der Waals surface area (Å²) < 4.78 is 18.4. The second-order valence-electron chi connectivity index (χ2n) is 8.01. The molecule has 9 heteroatoms. The van der Waals surface area contributed by atoms with E-state index in [1.165, 1.54) is 0 Å². The average molecular weight is 452 g/mol. The molecular formula is C24H29N5O4. The largest absolute Gasteiger partial charge is 0.496 e. The van der Waals surface area contributed by atoms with Gasteiger partial charge in [0.1, 0.15) is 11.5 Å². The van der Waals surface area contributed by atoms with Gasteiger partial charge in [-0.15, -0.1) is 0 Å². The highest BCUT2D eigenvalue weighted by Gasteiger charge is 2.14. The van der Waals surface area contributed by atoms with Crippen molar-refractivity contribution >= 4 is 12.1 Å². The number of nitrogens with one attached hydrogen (secondary N) is 1. The van der Waals surface area contributed by atoms with Crippen molar-refractivity contribution in [1.82, 2.24) is 20.1 Å². The van der Waals surface area contributed by atoms with Crippen LogP contribution in [0, 0.1) is 13.8 Å². The quantitative estimate of drug-likeness (QED) is 0.418. The third-order valence-corrected chi connectivity index (χ3v) is 5.48. The Morgan fingerprint density at radius 1 is 1.18 bits per heavy atom. The molecule has 0 aliphatic carbocycles. The fourth-order valence-corrected chi connectivity index (χ4v) is 3.79. The summed E-state index contributed by atoms with van der Waals surface area (Å²) in [5.41, 5.74) is 6.43. The molecule has 1 N–H and O–H groups in total. The molecule has 9 nitrogen and oxygen atoms in total. The molecule has 1 aliphatic rings. The molecule has 0 radical (unpaired) electrons. The second kappa shape index (κ2) is 10.5. The highest BCUT2D eigenvalue weighted by atomic mass is 16.5. The Kier molecular flexibility index (Phi) is 7.21. The molecule has 1 saturated heterocycles. The average Bonchev–Trinajstić information content (AvgIpc) is 3.40. The van der Waals surface area contributed by atoms with Crippen LogP contribution in [0.15, 0.2) is 45.9 Å². The Labute approximate surface area is 193 Å². The van der Waals surface area contributed by atoms with Gasteiger partial charge in [-0.05, 0) is 55.8 Å². The number of methoxy groups -OCH3 is 1. The predicted octanol–water partition coefficient (Wildman–Crippen LogP) is 2.75. The van der Waals surface area contributed by atoms with Crippen molar-refractivity contribution in [1.29, 1.82) is 0 Å². The van der Waals surface area contributed by atoms with Gasteiger partial charge in [-0.2, -0.15) is 10.2 Å². The standard InChI is InChI=1S/C24H29N5O4/c1-17-12-18(2)29(27-17)16-21-5-7-23(33-21)24(30)26-25-14-19-4-6-22(31-3)20(13-19)15-28-8-10-32-11-9-28/h4-7,12-14H,8-11,15-16H2,1-3H3,(H,26,30). The number of hydrogen-bond acceptors (Lipinski definition) is 7. The van der Waals surface area contributed by atoms with Crippen LogP contribution in [0.4, 0.5) is 0 Å². The minimum Gasteiger partial charge on any atom is -0.496 e. The van der Waals surface area contributed by atoms with E-state index in [1.807, 2.05) is 42.8 Å². The van der Waals surface area contributed by atoms with Crippen molar-refractivity contribution in [2.75, 3.05) is 33.4 Å². The highest BCUT2D eigenvalue weighted by molar-refractivity contribution is 5.92. The van der Waals surface area contributed by atoms with Crippen LogP contribution in [0.25, 0.3) is 0 Å². The fourth-order valence-electron chi connectivity index (χ4n) is 3.79. The minimum absolute atomic E-state index is 0.200. The monoisotopic (exact) mass is 451 g/mol. The Bertz CT molecular complexity index is 1130. The molecular weight excluding hydrogens is 422 g/mol. The highest BCUT2D eigenvalue weighted by Crippen LogP contribution is 2.21. The summed E-state index contributed by atoms with van der Waals surface area (Å²) in [6, 6.07) is 11.2. The summed E-state index contributed by atoms with van der Waals surface area (Å²) in [5.74, 6) is 1.27. The molecule has 3 aromatic rings. The first-order chi connectivity index (χ1) is 16.0. The lowest BCUT2D eigenvalue weighted by Gasteiger charge is -2.27. The molecule has 0 atom stereocenters. The van der Waals surface area contributed by atoms with Gasteiger partial charge < -0.3 is 13.9 Å². The molecule has 3 heterocycles. The molecule has 0 unspecified atom stereocenters.